The van der Waals surface area contributed by atoms with Gasteiger partial charge in [0.15, 0.2) is 0 Å². The van der Waals surface area contributed by atoms with Crippen molar-refractivity contribution in [2.75, 3.05) is 25.4 Å². The average Bonchev–Trinajstić information content (AvgIpc) is 2.76. The zero-order chi connectivity index (χ0) is 20.3. The molecule has 5 nitrogen and oxygen atoms in total. The molecule has 0 saturated heterocycles. The van der Waals surface area contributed by atoms with Gasteiger partial charge in [-0.05, 0) is 60.5 Å². The van der Waals surface area contributed by atoms with Crippen molar-refractivity contribution in [2.24, 2.45) is 0 Å². The molecule has 0 radical (unpaired) electrons. The molecule has 0 fully saturated rings. The van der Waals surface area contributed by atoms with Crippen LogP contribution in [0.1, 0.15) is 11.1 Å². The lowest BCUT2D eigenvalue weighted by molar-refractivity contribution is 0.106. The molecule has 0 aliphatic carbocycles. The van der Waals surface area contributed by atoms with E-state index in [0.717, 1.165) is 30.0 Å². The van der Waals surface area contributed by atoms with Gasteiger partial charge in [0.05, 0.1) is 0 Å². The highest BCUT2D eigenvalue weighted by Gasteiger charge is 2.05. The number of nitrogens with one attached hydrogen (secondary N) is 1. The largest absolute Gasteiger partial charge is 0.491 e. The molecular weight excluding hydrogens is 364 g/mol. The van der Waals surface area contributed by atoms with E-state index in [1.54, 1.807) is 0 Å². The van der Waals surface area contributed by atoms with E-state index in [1.165, 1.54) is 5.56 Å². The van der Waals surface area contributed by atoms with Crippen LogP contribution in [0.4, 0.5) is 5.69 Å². The van der Waals surface area contributed by atoms with Gasteiger partial charge in [0.2, 0.25) is 0 Å². The molecule has 0 aromatic heterocycles. The summed E-state index contributed by atoms with van der Waals surface area (Å²) in [4.78, 5) is 0. The summed E-state index contributed by atoms with van der Waals surface area (Å²) in [5, 5.41) is 13.3. The monoisotopic (exact) mass is 392 g/mol. The maximum absolute atomic E-state index is 10.1. The second-order valence-corrected chi connectivity index (χ2v) is 6.91. The Morgan fingerprint density at radius 3 is 2.14 bits per heavy atom. The van der Waals surface area contributed by atoms with Crippen molar-refractivity contribution >= 4 is 5.69 Å². The minimum Gasteiger partial charge on any atom is -0.491 e. The quantitative estimate of drug-likeness (QED) is 0.344. The Hall–Kier alpha value is -3.02. The van der Waals surface area contributed by atoms with Gasteiger partial charge in [0, 0.05) is 12.2 Å². The van der Waals surface area contributed by atoms with Gasteiger partial charge in [-0.1, -0.05) is 42.5 Å². The normalized spacial score (nSPS) is 11.8. The summed E-state index contributed by atoms with van der Waals surface area (Å²) < 4.78 is 11.4. The number of rotatable bonds is 11. The molecule has 0 unspecified atom stereocenters. The average molecular weight is 392 g/mol. The third-order valence-electron chi connectivity index (χ3n) is 4.46. The Morgan fingerprint density at radius 1 is 0.793 bits per heavy atom. The van der Waals surface area contributed by atoms with Crippen LogP contribution >= 0.6 is 0 Å². The fraction of sp³-hybridized carbons (Fsp3) is 0.250. The van der Waals surface area contributed by atoms with Crippen molar-refractivity contribution in [1.82, 2.24) is 5.32 Å². The van der Waals surface area contributed by atoms with Crippen molar-refractivity contribution in [3.05, 3.63) is 90.0 Å². The summed E-state index contributed by atoms with van der Waals surface area (Å²) in [7, 11) is 0. The Kier molecular flexibility index (Phi) is 7.92. The zero-order valence-corrected chi connectivity index (χ0v) is 16.5. The molecule has 5 heteroatoms. The number of benzene rings is 3. The first-order valence-electron chi connectivity index (χ1n) is 9.82. The van der Waals surface area contributed by atoms with Crippen molar-refractivity contribution in [1.29, 1.82) is 0 Å². The summed E-state index contributed by atoms with van der Waals surface area (Å²) in [5.74, 6) is 1.49. The van der Waals surface area contributed by atoms with Crippen molar-refractivity contribution in [3.8, 4) is 11.5 Å². The van der Waals surface area contributed by atoms with E-state index in [4.69, 9.17) is 15.2 Å². The lowest BCUT2D eigenvalue weighted by Gasteiger charge is -2.14. The van der Waals surface area contributed by atoms with Crippen LogP contribution in [-0.2, 0) is 13.0 Å². The highest BCUT2D eigenvalue weighted by molar-refractivity contribution is 5.39. The summed E-state index contributed by atoms with van der Waals surface area (Å²) in [5.41, 5.74) is 8.79. The summed E-state index contributed by atoms with van der Waals surface area (Å²) in [6.07, 6.45) is 0.314. The van der Waals surface area contributed by atoms with Crippen molar-refractivity contribution in [2.45, 2.75) is 19.1 Å². The molecular formula is C24H28N2O3. The first kappa shape index (κ1) is 20.7. The van der Waals surface area contributed by atoms with Crippen LogP contribution in [0.2, 0.25) is 0 Å². The lowest BCUT2D eigenvalue weighted by Crippen LogP contribution is -2.32. The minimum atomic E-state index is -0.574. The molecule has 4 N–H and O–H groups in total. The minimum absolute atomic E-state index is 0.235. The molecule has 29 heavy (non-hydrogen) atoms. The number of hydrogen-bond donors (Lipinski definition) is 3. The highest BCUT2D eigenvalue weighted by atomic mass is 16.5. The predicted molar refractivity (Wildman–Crippen MR) is 116 cm³/mol. The molecule has 0 bridgehead atoms. The second kappa shape index (κ2) is 11.1. The molecule has 0 amide bonds. The molecule has 152 valence electrons. The number of anilines is 1. The first-order valence-corrected chi connectivity index (χ1v) is 9.82. The standard InChI is InChI=1S/C24H28N2O3/c25-21-8-6-19(7-9-21)14-15-26-16-22(27)18-29-24-12-10-23(11-13-24)28-17-20-4-2-1-3-5-20/h1-13,22,26-27H,14-18,25H2/t22-/m0/s1. The van der Waals surface area contributed by atoms with Crippen molar-refractivity contribution < 1.29 is 14.6 Å². The molecule has 3 aromatic carbocycles. The van der Waals surface area contributed by atoms with E-state index < -0.39 is 6.10 Å². The first-order chi connectivity index (χ1) is 14.2. The van der Waals surface area contributed by atoms with Gasteiger partial charge in [0.25, 0.3) is 0 Å². The van der Waals surface area contributed by atoms with Gasteiger partial charge in [-0.25, -0.2) is 0 Å². The fourth-order valence-electron chi connectivity index (χ4n) is 2.81. The van der Waals surface area contributed by atoms with Gasteiger partial charge in [-0.15, -0.1) is 0 Å². The van der Waals surface area contributed by atoms with Crippen LogP contribution in [0.25, 0.3) is 0 Å². The molecule has 3 aromatic rings. The van der Waals surface area contributed by atoms with Crippen LogP contribution in [-0.4, -0.2) is 30.9 Å². The number of aliphatic hydroxyl groups excluding tert-OH is 1. The number of aliphatic hydroxyl groups is 1. The predicted octanol–water partition coefficient (Wildman–Crippen LogP) is 3.42. The SMILES string of the molecule is Nc1ccc(CCNC[C@H](O)COc2ccc(OCc3ccccc3)cc2)cc1. The Labute approximate surface area is 172 Å². The van der Waals surface area contributed by atoms with Gasteiger partial charge in [-0.2, -0.15) is 0 Å². The molecule has 1 atom stereocenters. The van der Waals surface area contributed by atoms with Gasteiger partial charge in [0.1, 0.15) is 30.8 Å². The Bertz CT molecular complexity index is 836. The smallest absolute Gasteiger partial charge is 0.120 e. The molecule has 0 aliphatic heterocycles. The number of ether oxygens (including phenoxy) is 2. The van der Waals surface area contributed by atoms with Crippen LogP contribution in [0.15, 0.2) is 78.9 Å². The van der Waals surface area contributed by atoms with E-state index in [2.05, 4.69) is 5.32 Å². The topological polar surface area (TPSA) is 76.7 Å². The number of nitrogen functional groups attached to an aromatic ring is 1. The van der Waals surface area contributed by atoms with Crippen LogP contribution in [0.5, 0.6) is 11.5 Å². The van der Waals surface area contributed by atoms with E-state index in [0.29, 0.717) is 18.9 Å². The Balaban J connectivity index is 1.31. The summed E-state index contributed by atoms with van der Waals surface area (Å²) in [6.45, 7) is 2.03. The molecule has 0 aliphatic rings. The zero-order valence-electron chi connectivity index (χ0n) is 16.5. The summed E-state index contributed by atoms with van der Waals surface area (Å²) in [6, 6.07) is 25.3. The Morgan fingerprint density at radius 2 is 1.45 bits per heavy atom. The van der Waals surface area contributed by atoms with Gasteiger partial charge >= 0.3 is 0 Å². The lowest BCUT2D eigenvalue weighted by atomic mass is 10.1. The third-order valence-corrected chi connectivity index (χ3v) is 4.46. The van der Waals surface area contributed by atoms with Gasteiger partial charge in [-0.3, -0.25) is 0 Å². The van der Waals surface area contributed by atoms with Crippen molar-refractivity contribution in [3.63, 3.8) is 0 Å². The third kappa shape index (κ3) is 7.49. The number of nitrogens with two attached hydrogens (primary N) is 1. The number of hydrogen-bond acceptors (Lipinski definition) is 5. The second-order valence-electron chi connectivity index (χ2n) is 6.91. The molecule has 0 heterocycles. The van der Waals surface area contributed by atoms with Crippen LogP contribution < -0.4 is 20.5 Å². The van der Waals surface area contributed by atoms with Gasteiger partial charge < -0.3 is 25.6 Å². The maximum atomic E-state index is 10.1. The molecule has 0 spiro atoms. The van der Waals surface area contributed by atoms with Crippen LogP contribution in [0, 0.1) is 0 Å². The van der Waals surface area contributed by atoms with E-state index in [9.17, 15) is 5.11 Å². The van der Waals surface area contributed by atoms with E-state index in [1.807, 2.05) is 78.9 Å². The maximum Gasteiger partial charge on any atom is 0.120 e. The summed E-state index contributed by atoms with van der Waals surface area (Å²) >= 11 is 0. The highest BCUT2D eigenvalue weighted by Crippen LogP contribution is 2.19. The molecule has 3 rings (SSSR count). The fourth-order valence-corrected chi connectivity index (χ4v) is 2.81. The van der Waals surface area contributed by atoms with E-state index >= 15 is 0 Å². The van der Waals surface area contributed by atoms with Crippen LogP contribution in [0.3, 0.4) is 0 Å². The molecule has 0 saturated carbocycles. The van der Waals surface area contributed by atoms with E-state index in [-0.39, 0.29) is 6.61 Å².